The predicted molar refractivity (Wildman–Crippen MR) is 73.7 cm³/mol. The van der Waals surface area contributed by atoms with Crippen LogP contribution in [0.15, 0.2) is 18.3 Å². The number of aromatic nitrogens is 1. The van der Waals surface area contributed by atoms with Crippen molar-refractivity contribution in [3.8, 4) is 0 Å². The molecule has 4 heteroatoms. The summed E-state index contributed by atoms with van der Waals surface area (Å²) in [5, 5.41) is 9.00. The zero-order chi connectivity index (χ0) is 13.0. The first kappa shape index (κ1) is 13.3. The van der Waals surface area contributed by atoms with Crippen molar-refractivity contribution in [1.82, 2.24) is 9.88 Å². The molecule has 18 heavy (non-hydrogen) atoms. The fourth-order valence-electron chi connectivity index (χ4n) is 2.56. The molecule has 2 heterocycles. The van der Waals surface area contributed by atoms with Crippen molar-refractivity contribution in [2.45, 2.75) is 19.4 Å². The fourth-order valence-corrected chi connectivity index (χ4v) is 2.56. The van der Waals surface area contributed by atoms with Crippen molar-refractivity contribution in [2.75, 3.05) is 38.6 Å². The molecule has 0 amide bonds. The van der Waals surface area contributed by atoms with Crippen LogP contribution in [0.5, 0.6) is 0 Å². The summed E-state index contributed by atoms with van der Waals surface area (Å²) < 4.78 is 0. The standard InChI is InChI=1S/C14H23N3O/c1-16(2)10-12-5-7-17(8-6-12)14-4-3-13(11-18)9-15-14/h3-4,9,12,18H,5-8,10-11H2,1-2H3. The van der Waals surface area contributed by atoms with Crippen LogP contribution in [-0.2, 0) is 6.61 Å². The van der Waals surface area contributed by atoms with Gasteiger partial charge in [-0.1, -0.05) is 6.07 Å². The highest BCUT2D eigenvalue weighted by Gasteiger charge is 2.20. The third-order valence-electron chi connectivity index (χ3n) is 3.55. The Balaban J connectivity index is 1.88. The molecule has 0 atom stereocenters. The molecular formula is C14H23N3O. The van der Waals surface area contributed by atoms with Crippen LogP contribution in [0.3, 0.4) is 0 Å². The number of pyridine rings is 1. The molecule has 1 aliphatic heterocycles. The van der Waals surface area contributed by atoms with Crippen LogP contribution in [0.2, 0.25) is 0 Å². The highest BCUT2D eigenvalue weighted by molar-refractivity contribution is 5.39. The molecule has 0 saturated carbocycles. The second-order valence-corrected chi connectivity index (χ2v) is 5.38. The van der Waals surface area contributed by atoms with Crippen LogP contribution in [0.4, 0.5) is 5.82 Å². The largest absolute Gasteiger partial charge is 0.392 e. The maximum Gasteiger partial charge on any atom is 0.128 e. The molecule has 0 radical (unpaired) electrons. The number of aliphatic hydroxyl groups is 1. The van der Waals surface area contributed by atoms with E-state index in [-0.39, 0.29) is 6.61 Å². The lowest BCUT2D eigenvalue weighted by atomic mass is 9.96. The molecule has 1 aliphatic rings. The lowest BCUT2D eigenvalue weighted by Gasteiger charge is -2.34. The van der Waals surface area contributed by atoms with E-state index in [2.05, 4.69) is 28.9 Å². The number of rotatable bonds is 4. The summed E-state index contributed by atoms with van der Waals surface area (Å²) in [6, 6.07) is 3.96. The van der Waals surface area contributed by atoms with Gasteiger partial charge >= 0.3 is 0 Å². The molecule has 0 bridgehead atoms. The first-order valence-electron chi connectivity index (χ1n) is 6.64. The first-order valence-corrected chi connectivity index (χ1v) is 6.64. The van der Waals surface area contributed by atoms with E-state index in [1.807, 2.05) is 12.1 Å². The van der Waals surface area contributed by atoms with Crippen LogP contribution >= 0.6 is 0 Å². The number of piperidine rings is 1. The van der Waals surface area contributed by atoms with E-state index in [0.29, 0.717) is 0 Å². The summed E-state index contributed by atoms with van der Waals surface area (Å²) in [5.74, 6) is 1.85. The molecule has 4 nitrogen and oxygen atoms in total. The van der Waals surface area contributed by atoms with Gasteiger partial charge in [0.15, 0.2) is 0 Å². The average molecular weight is 249 g/mol. The van der Waals surface area contributed by atoms with Crippen LogP contribution < -0.4 is 4.90 Å². The SMILES string of the molecule is CN(C)CC1CCN(c2ccc(CO)cn2)CC1. The van der Waals surface area contributed by atoms with Crippen LogP contribution in [-0.4, -0.2) is 48.7 Å². The average Bonchev–Trinajstić information content (AvgIpc) is 2.39. The maximum atomic E-state index is 9.00. The van der Waals surface area contributed by atoms with Crippen LogP contribution in [0.1, 0.15) is 18.4 Å². The summed E-state index contributed by atoms with van der Waals surface area (Å²) in [6.07, 6.45) is 4.24. The van der Waals surface area contributed by atoms with Crippen LogP contribution in [0.25, 0.3) is 0 Å². The molecule has 1 fully saturated rings. The molecule has 0 spiro atoms. The van der Waals surface area contributed by atoms with Crippen molar-refractivity contribution in [2.24, 2.45) is 5.92 Å². The molecule has 1 N–H and O–H groups in total. The number of aliphatic hydroxyl groups excluding tert-OH is 1. The monoisotopic (exact) mass is 249 g/mol. The Hall–Kier alpha value is -1.13. The van der Waals surface area contributed by atoms with E-state index >= 15 is 0 Å². The summed E-state index contributed by atoms with van der Waals surface area (Å²) in [6.45, 7) is 3.43. The Morgan fingerprint density at radius 2 is 2.06 bits per heavy atom. The van der Waals surface area contributed by atoms with Gasteiger partial charge in [0, 0.05) is 25.8 Å². The van der Waals surface area contributed by atoms with Crippen molar-refractivity contribution in [3.05, 3.63) is 23.9 Å². The third kappa shape index (κ3) is 3.43. The van der Waals surface area contributed by atoms with Gasteiger partial charge < -0.3 is 14.9 Å². The van der Waals surface area contributed by atoms with Crippen molar-refractivity contribution >= 4 is 5.82 Å². The molecule has 0 aliphatic carbocycles. The van der Waals surface area contributed by atoms with E-state index in [0.717, 1.165) is 30.4 Å². The number of nitrogens with zero attached hydrogens (tertiary/aromatic N) is 3. The third-order valence-corrected chi connectivity index (χ3v) is 3.55. The Bertz CT molecular complexity index is 356. The number of anilines is 1. The molecule has 100 valence electrons. The van der Waals surface area contributed by atoms with Crippen molar-refractivity contribution < 1.29 is 5.11 Å². The molecule has 0 aromatic carbocycles. The first-order chi connectivity index (χ1) is 8.69. The van der Waals surface area contributed by atoms with Gasteiger partial charge in [0.25, 0.3) is 0 Å². The van der Waals surface area contributed by atoms with E-state index in [4.69, 9.17) is 5.11 Å². The molecule has 0 unspecified atom stereocenters. The second-order valence-electron chi connectivity index (χ2n) is 5.38. The number of hydrogen-bond donors (Lipinski definition) is 1. The molecule has 1 aromatic heterocycles. The van der Waals surface area contributed by atoms with Gasteiger partial charge in [0.05, 0.1) is 6.61 Å². The lowest BCUT2D eigenvalue weighted by Crippen LogP contribution is -2.37. The highest BCUT2D eigenvalue weighted by Crippen LogP contribution is 2.22. The topological polar surface area (TPSA) is 39.6 Å². The van der Waals surface area contributed by atoms with Crippen LogP contribution in [0, 0.1) is 5.92 Å². The molecule has 1 aromatic rings. The van der Waals surface area contributed by atoms with Gasteiger partial charge in [-0.05, 0) is 44.5 Å². The minimum absolute atomic E-state index is 0.0676. The Kier molecular flexibility index (Phi) is 4.55. The summed E-state index contributed by atoms with van der Waals surface area (Å²) in [5.41, 5.74) is 0.876. The minimum Gasteiger partial charge on any atom is -0.392 e. The highest BCUT2D eigenvalue weighted by atomic mass is 16.3. The normalized spacial score (nSPS) is 17.4. The zero-order valence-electron chi connectivity index (χ0n) is 11.3. The Morgan fingerprint density at radius 3 is 2.56 bits per heavy atom. The summed E-state index contributed by atoms with van der Waals surface area (Å²) in [4.78, 5) is 9.03. The summed E-state index contributed by atoms with van der Waals surface area (Å²) >= 11 is 0. The van der Waals surface area contributed by atoms with Gasteiger partial charge in [0.2, 0.25) is 0 Å². The van der Waals surface area contributed by atoms with Gasteiger partial charge in [-0.3, -0.25) is 0 Å². The Labute approximate surface area is 109 Å². The zero-order valence-corrected chi connectivity index (χ0v) is 11.3. The molecule has 2 rings (SSSR count). The van der Waals surface area contributed by atoms with Gasteiger partial charge in [-0.25, -0.2) is 4.98 Å². The Morgan fingerprint density at radius 1 is 1.33 bits per heavy atom. The van der Waals surface area contributed by atoms with Gasteiger partial charge in [-0.2, -0.15) is 0 Å². The number of hydrogen-bond acceptors (Lipinski definition) is 4. The molecular weight excluding hydrogens is 226 g/mol. The quantitative estimate of drug-likeness (QED) is 0.874. The smallest absolute Gasteiger partial charge is 0.128 e. The van der Waals surface area contributed by atoms with E-state index in [9.17, 15) is 0 Å². The van der Waals surface area contributed by atoms with E-state index < -0.39 is 0 Å². The second kappa shape index (κ2) is 6.16. The fraction of sp³-hybridized carbons (Fsp3) is 0.643. The molecule has 1 saturated heterocycles. The predicted octanol–water partition coefficient (Wildman–Crippen LogP) is 1.35. The van der Waals surface area contributed by atoms with Gasteiger partial charge in [-0.15, -0.1) is 0 Å². The minimum atomic E-state index is 0.0676. The van der Waals surface area contributed by atoms with Crippen molar-refractivity contribution in [1.29, 1.82) is 0 Å². The lowest BCUT2D eigenvalue weighted by molar-refractivity contribution is 0.281. The van der Waals surface area contributed by atoms with Crippen molar-refractivity contribution in [3.63, 3.8) is 0 Å². The van der Waals surface area contributed by atoms with Gasteiger partial charge in [0.1, 0.15) is 5.82 Å². The van der Waals surface area contributed by atoms with E-state index in [1.54, 1.807) is 6.20 Å². The summed E-state index contributed by atoms with van der Waals surface area (Å²) in [7, 11) is 4.28. The van der Waals surface area contributed by atoms with E-state index in [1.165, 1.54) is 19.4 Å². The maximum absolute atomic E-state index is 9.00.